The summed E-state index contributed by atoms with van der Waals surface area (Å²) in [7, 11) is 0. The summed E-state index contributed by atoms with van der Waals surface area (Å²) in [5, 5.41) is 1.75. The van der Waals surface area contributed by atoms with Gasteiger partial charge in [0.2, 0.25) is 0 Å². The Bertz CT molecular complexity index is 785. The van der Waals surface area contributed by atoms with Gasteiger partial charge in [-0.15, -0.1) is 0 Å². The highest BCUT2D eigenvalue weighted by Crippen LogP contribution is 2.46. The molecule has 1 saturated carbocycles. The number of rotatable bonds is 3. The fourth-order valence-electron chi connectivity index (χ4n) is 3.49. The smallest absolute Gasteiger partial charge is 0.329 e. The molecule has 0 amide bonds. The number of aromatic nitrogens is 4. The van der Waals surface area contributed by atoms with E-state index in [0.29, 0.717) is 29.9 Å². The molecule has 1 saturated heterocycles. The lowest BCUT2D eigenvalue weighted by atomic mass is 9.75. The highest BCUT2D eigenvalue weighted by Gasteiger charge is 2.53. The van der Waals surface area contributed by atoms with E-state index in [1.807, 2.05) is 20.8 Å². The van der Waals surface area contributed by atoms with Crippen LogP contribution in [0.1, 0.15) is 52.3 Å². The van der Waals surface area contributed by atoms with Gasteiger partial charge in [0.15, 0.2) is 5.82 Å². The number of aryl methyl sites for hydroxylation is 1. The van der Waals surface area contributed by atoms with Crippen molar-refractivity contribution in [1.82, 2.24) is 19.5 Å². The molecule has 0 aromatic carbocycles. The van der Waals surface area contributed by atoms with Crippen LogP contribution in [0.3, 0.4) is 0 Å². The minimum Gasteiger partial charge on any atom is -0.329 e. The molecule has 0 aromatic rings. The molecule has 2 fully saturated rings. The van der Waals surface area contributed by atoms with Crippen molar-refractivity contribution >= 4 is 5.95 Å². The summed E-state index contributed by atoms with van der Waals surface area (Å²) in [6.45, 7) is 6.45. The van der Waals surface area contributed by atoms with Gasteiger partial charge in [-0.3, -0.25) is 4.84 Å². The quantitative estimate of drug-likeness (QED) is 0.826. The normalized spacial score (nSPS) is 19.7. The summed E-state index contributed by atoms with van der Waals surface area (Å²) in [5.74, 6) is 1.17. The van der Waals surface area contributed by atoms with E-state index < -0.39 is 18.1 Å². The van der Waals surface area contributed by atoms with Crippen LogP contribution >= 0.6 is 0 Å². The van der Waals surface area contributed by atoms with Gasteiger partial charge in [0.1, 0.15) is 18.1 Å². The Morgan fingerprint density at radius 3 is 2.38 bits per heavy atom. The van der Waals surface area contributed by atoms with E-state index in [2.05, 4.69) is 15.0 Å². The van der Waals surface area contributed by atoms with Crippen molar-refractivity contribution in [2.45, 2.75) is 70.1 Å². The van der Waals surface area contributed by atoms with Crippen molar-refractivity contribution in [3.8, 4) is 11.5 Å². The van der Waals surface area contributed by atoms with Crippen molar-refractivity contribution < 1.29 is 18.0 Å². The van der Waals surface area contributed by atoms with Crippen LogP contribution in [0, 0.1) is 0 Å². The number of imidazole rings is 1. The van der Waals surface area contributed by atoms with Crippen molar-refractivity contribution in [2.75, 3.05) is 11.7 Å². The Hall–Kier alpha value is -1.90. The molecular formula is C17H22F3N5O. The summed E-state index contributed by atoms with van der Waals surface area (Å²) in [4.78, 5) is 18.9. The molecule has 26 heavy (non-hydrogen) atoms. The first-order valence-corrected chi connectivity index (χ1v) is 8.84. The molecule has 4 aliphatic rings. The third-order valence-electron chi connectivity index (χ3n) is 5.13. The molecule has 1 aliphatic carbocycles. The molecule has 0 aromatic heterocycles. The van der Waals surface area contributed by atoms with E-state index >= 15 is 0 Å². The van der Waals surface area contributed by atoms with Gasteiger partial charge in [0, 0.05) is 18.2 Å². The summed E-state index contributed by atoms with van der Waals surface area (Å²) >= 11 is 0. The van der Waals surface area contributed by atoms with Crippen molar-refractivity contribution in [3.05, 3.63) is 12.0 Å². The lowest BCUT2D eigenvalue weighted by Gasteiger charge is -2.55. The fraction of sp³-hybridized carbons (Fsp3) is 0.706. The molecule has 9 heteroatoms. The zero-order valence-electron chi connectivity index (χ0n) is 15.1. The highest BCUT2D eigenvalue weighted by atomic mass is 19.4. The molecule has 0 atom stereocenters. The molecule has 3 aliphatic heterocycles. The van der Waals surface area contributed by atoms with Crippen LogP contribution in [0.2, 0.25) is 0 Å². The SMILES string of the molecule is CC(C)(C)n1cc2nc(N3OCC34CCC4)nc-2nc1CCC(F)(F)F. The second-order valence-electron chi connectivity index (χ2n) is 8.19. The molecule has 1 spiro atoms. The first-order valence-electron chi connectivity index (χ1n) is 8.84. The number of hydrogen-bond donors (Lipinski definition) is 0. The maximum absolute atomic E-state index is 12.7. The first kappa shape index (κ1) is 17.5. The Kier molecular flexibility index (Phi) is 3.74. The van der Waals surface area contributed by atoms with E-state index in [1.165, 1.54) is 0 Å². The summed E-state index contributed by atoms with van der Waals surface area (Å²) in [6, 6.07) is 0. The van der Waals surface area contributed by atoms with Crippen LogP contribution in [0.15, 0.2) is 6.20 Å². The van der Waals surface area contributed by atoms with Crippen LogP contribution in [0.25, 0.3) is 11.5 Å². The predicted molar refractivity (Wildman–Crippen MR) is 88.8 cm³/mol. The largest absolute Gasteiger partial charge is 0.389 e. The molecule has 0 bridgehead atoms. The monoisotopic (exact) mass is 369 g/mol. The topological polar surface area (TPSA) is 56.1 Å². The second kappa shape index (κ2) is 5.55. The van der Waals surface area contributed by atoms with Gasteiger partial charge in [-0.2, -0.15) is 18.2 Å². The number of halogens is 3. The predicted octanol–water partition coefficient (Wildman–Crippen LogP) is 3.70. The standard InChI is InChI=1S/C17H22F3N5O/c1-15(2,3)24-9-11-13(22-12(24)5-8-17(18,19)20)23-14(21-11)25-16(10-26-25)6-4-7-16/h9H,4-8,10H2,1-3H3. The summed E-state index contributed by atoms with van der Waals surface area (Å²) in [6.07, 6.45) is -0.336. The van der Waals surface area contributed by atoms with Crippen molar-refractivity contribution in [1.29, 1.82) is 0 Å². The van der Waals surface area contributed by atoms with E-state index in [4.69, 9.17) is 4.84 Å². The number of hydrogen-bond acceptors (Lipinski definition) is 5. The number of anilines is 1. The molecule has 6 nitrogen and oxygen atoms in total. The lowest BCUT2D eigenvalue weighted by molar-refractivity contribution is -0.134. The summed E-state index contributed by atoms with van der Waals surface area (Å²) < 4.78 is 39.8. The minimum atomic E-state index is -4.22. The fourth-order valence-corrected chi connectivity index (χ4v) is 3.49. The van der Waals surface area contributed by atoms with Crippen molar-refractivity contribution in [3.63, 3.8) is 0 Å². The number of alkyl halides is 3. The molecular weight excluding hydrogens is 347 g/mol. The van der Waals surface area contributed by atoms with Crippen LogP contribution in [-0.4, -0.2) is 37.8 Å². The maximum Gasteiger partial charge on any atom is 0.389 e. The third-order valence-corrected chi connectivity index (χ3v) is 5.13. The number of fused-ring (bicyclic) bond motifs is 1. The lowest BCUT2D eigenvalue weighted by Crippen LogP contribution is -2.67. The maximum atomic E-state index is 12.7. The van der Waals surface area contributed by atoms with E-state index in [0.717, 1.165) is 19.3 Å². The number of hydroxylamine groups is 1. The van der Waals surface area contributed by atoms with Crippen LogP contribution < -0.4 is 5.06 Å². The highest BCUT2D eigenvalue weighted by molar-refractivity contribution is 5.57. The van der Waals surface area contributed by atoms with Crippen LogP contribution in [0.4, 0.5) is 19.1 Å². The van der Waals surface area contributed by atoms with E-state index in [1.54, 1.807) is 15.8 Å². The van der Waals surface area contributed by atoms with E-state index in [9.17, 15) is 13.2 Å². The molecule has 142 valence electrons. The van der Waals surface area contributed by atoms with Gasteiger partial charge in [-0.25, -0.2) is 15.0 Å². The van der Waals surface area contributed by atoms with Gasteiger partial charge in [-0.1, -0.05) is 0 Å². The number of nitrogens with zero attached hydrogens (tertiary/aromatic N) is 5. The average Bonchev–Trinajstić information content (AvgIpc) is 2.81. The second-order valence-corrected chi connectivity index (χ2v) is 8.19. The van der Waals surface area contributed by atoms with Crippen LogP contribution in [0.5, 0.6) is 0 Å². The molecule has 4 rings (SSSR count). The zero-order chi connectivity index (χ0) is 18.7. The van der Waals surface area contributed by atoms with Crippen LogP contribution in [-0.2, 0) is 16.8 Å². The Morgan fingerprint density at radius 1 is 1.15 bits per heavy atom. The first-order chi connectivity index (χ1) is 12.1. The summed E-state index contributed by atoms with van der Waals surface area (Å²) in [5.41, 5.74) is 0.156. The van der Waals surface area contributed by atoms with Gasteiger partial charge < -0.3 is 4.57 Å². The molecule has 0 radical (unpaired) electrons. The van der Waals surface area contributed by atoms with Gasteiger partial charge in [0.25, 0.3) is 5.95 Å². The molecule has 3 heterocycles. The molecule has 0 N–H and O–H groups in total. The Morgan fingerprint density at radius 2 is 1.88 bits per heavy atom. The van der Waals surface area contributed by atoms with Gasteiger partial charge in [0.05, 0.1) is 12.0 Å². The molecule has 0 unspecified atom stereocenters. The van der Waals surface area contributed by atoms with Crippen molar-refractivity contribution in [2.24, 2.45) is 0 Å². The van der Waals surface area contributed by atoms with Gasteiger partial charge >= 0.3 is 6.18 Å². The van der Waals surface area contributed by atoms with Gasteiger partial charge in [-0.05, 0) is 40.0 Å². The zero-order valence-corrected chi connectivity index (χ0v) is 15.1. The Labute approximate surface area is 149 Å². The average molecular weight is 369 g/mol. The third kappa shape index (κ3) is 2.91. The van der Waals surface area contributed by atoms with E-state index in [-0.39, 0.29) is 12.0 Å². The Balaban J connectivity index is 1.70. The minimum absolute atomic E-state index is 0.00346.